The second-order valence-corrected chi connectivity index (χ2v) is 8.11. The number of hydrogen-bond donors (Lipinski definition) is 1. The first-order chi connectivity index (χ1) is 17.0. The topological polar surface area (TPSA) is 61.4 Å². The lowest BCUT2D eigenvalue weighted by Crippen LogP contribution is -2.12. The Hall–Kier alpha value is -4.17. The molecule has 3 heterocycles. The van der Waals surface area contributed by atoms with Crippen LogP contribution in [0.25, 0.3) is 22.0 Å². The molecule has 0 unspecified atom stereocenters. The minimum atomic E-state index is -0.773. The Kier molecular flexibility index (Phi) is 6.20. The monoisotopic (exact) mass is 475 g/mol. The van der Waals surface area contributed by atoms with Crippen LogP contribution in [0.3, 0.4) is 0 Å². The lowest BCUT2D eigenvalue weighted by atomic mass is 10.0. The highest BCUT2D eigenvalue weighted by molar-refractivity contribution is 5.99. The Morgan fingerprint density at radius 1 is 0.971 bits per heavy atom. The SMILES string of the molecule is COc1nccc2c(-c3cc(CNCc4ccoc4)ccc3Oc3ccc(F)cc3F)cn(C)c12. The van der Waals surface area contributed by atoms with Gasteiger partial charge in [0, 0.05) is 60.7 Å². The molecule has 3 aromatic heterocycles. The molecule has 2 aromatic carbocycles. The van der Waals surface area contributed by atoms with Crippen molar-refractivity contribution in [1.29, 1.82) is 0 Å². The maximum absolute atomic E-state index is 14.4. The van der Waals surface area contributed by atoms with Gasteiger partial charge in [-0.2, -0.15) is 0 Å². The molecule has 5 aromatic rings. The first-order valence-corrected chi connectivity index (χ1v) is 11.0. The Labute approximate surface area is 200 Å². The number of nitrogens with zero attached hydrogens (tertiary/aromatic N) is 2. The van der Waals surface area contributed by atoms with Gasteiger partial charge < -0.3 is 23.8 Å². The van der Waals surface area contributed by atoms with Crippen LogP contribution in [0.15, 0.2) is 77.9 Å². The standard InChI is InChI=1S/C27H23F2N3O3/c1-32-15-22(20-7-9-31-27(33-2)26(20)32)21-11-17(13-30-14-18-8-10-34-16-18)3-5-24(21)35-25-6-4-19(28)12-23(25)29/h3-12,15-16,30H,13-14H2,1-2H3. The fourth-order valence-corrected chi connectivity index (χ4v) is 4.09. The summed E-state index contributed by atoms with van der Waals surface area (Å²) in [6, 6.07) is 12.8. The van der Waals surface area contributed by atoms with Crippen LogP contribution in [0.5, 0.6) is 17.4 Å². The van der Waals surface area contributed by atoms with Gasteiger partial charge in [0.1, 0.15) is 17.1 Å². The molecule has 8 heteroatoms. The van der Waals surface area contributed by atoms with Crippen molar-refractivity contribution in [3.8, 4) is 28.5 Å². The van der Waals surface area contributed by atoms with Gasteiger partial charge in [0.25, 0.3) is 0 Å². The Morgan fingerprint density at radius 3 is 2.57 bits per heavy atom. The number of benzene rings is 2. The number of methoxy groups -OCH3 is 1. The van der Waals surface area contributed by atoms with Crippen molar-refractivity contribution >= 4 is 10.9 Å². The number of aromatic nitrogens is 2. The number of hydrogen-bond acceptors (Lipinski definition) is 5. The molecule has 0 radical (unpaired) electrons. The highest BCUT2D eigenvalue weighted by Crippen LogP contribution is 2.40. The second kappa shape index (κ2) is 9.60. The van der Waals surface area contributed by atoms with Gasteiger partial charge in [-0.3, -0.25) is 0 Å². The molecule has 5 rings (SSSR count). The zero-order valence-electron chi connectivity index (χ0n) is 19.2. The molecular formula is C27H23F2N3O3. The molecule has 0 saturated carbocycles. The molecule has 35 heavy (non-hydrogen) atoms. The van der Waals surface area contributed by atoms with Crippen molar-refractivity contribution in [3.05, 3.63) is 96.2 Å². The largest absolute Gasteiger partial charge is 0.479 e. The van der Waals surface area contributed by atoms with Gasteiger partial charge >= 0.3 is 0 Å². The zero-order valence-corrected chi connectivity index (χ0v) is 19.2. The van der Waals surface area contributed by atoms with E-state index >= 15 is 0 Å². The lowest BCUT2D eigenvalue weighted by Gasteiger charge is -2.14. The molecule has 0 atom stereocenters. The van der Waals surface area contributed by atoms with Crippen LogP contribution < -0.4 is 14.8 Å². The number of furan rings is 1. The fraction of sp³-hybridized carbons (Fsp3) is 0.148. The van der Waals surface area contributed by atoms with Crippen LogP contribution in [0, 0.1) is 11.6 Å². The third kappa shape index (κ3) is 4.61. The summed E-state index contributed by atoms with van der Waals surface area (Å²) < 4.78 is 46.3. The maximum atomic E-state index is 14.4. The Balaban J connectivity index is 1.56. The average Bonchev–Trinajstić information content (AvgIpc) is 3.49. The quantitative estimate of drug-likeness (QED) is 0.289. The second-order valence-electron chi connectivity index (χ2n) is 8.11. The summed E-state index contributed by atoms with van der Waals surface area (Å²) in [5.74, 6) is -0.551. The summed E-state index contributed by atoms with van der Waals surface area (Å²) in [4.78, 5) is 4.31. The van der Waals surface area contributed by atoms with E-state index in [0.29, 0.717) is 24.7 Å². The van der Waals surface area contributed by atoms with Crippen molar-refractivity contribution < 1.29 is 22.7 Å². The summed E-state index contributed by atoms with van der Waals surface area (Å²) in [5, 5.41) is 4.30. The van der Waals surface area contributed by atoms with Gasteiger partial charge in [0.05, 0.1) is 19.6 Å². The summed E-state index contributed by atoms with van der Waals surface area (Å²) in [6.45, 7) is 1.25. The molecule has 0 amide bonds. The predicted octanol–water partition coefficient (Wildman–Crippen LogP) is 6.20. The predicted molar refractivity (Wildman–Crippen MR) is 128 cm³/mol. The molecule has 0 aliphatic carbocycles. The van der Waals surface area contributed by atoms with E-state index in [1.54, 1.807) is 31.9 Å². The number of aryl methyl sites for hydroxylation is 1. The number of fused-ring (bicyclic) bond motifs is 1. The van der Waals surface area contributed by atoms with Crippen LogP contribution in [0.1, 0.15) is 11.1 Å². The molecule has 0 spiro atoms. The molecule has 0 aliphatic heterocycles. The van der Waals surface area contributed by atoms with E-state index < -0.39 is 11.6 Å². The third-order valence-electron chi connectivity index (χ3n) is 5.74. The van der Waals surface area contributed by atoms with Crippen LogP contribution >= 0.6 is 0 Å². The van der Waals surface area contributed by atoms with Crippen LogP contribution in [0.2, 0.25) is 0 Å². The van der Waals surface area contributed by atoms with Crippen molar-refractivity contribution in [2.45, 2.75) is 13.1 Å². The van der Waals surface area contributed by atoms with Gasteiger partial charge in [-0.05, 0) is 42.0 Å². The number of halogens is 2. The minimum absolute atomic E-state index is 0.0574. The first kappa shape index (κ1) is 22.6. The van der Waals surface area contributed by atoms with Crippen molar-refractivity contribution in [2.24, 2.45) is 7.05 Å². The van der Waals surface area contributed by atoms with Crippen molar-refractivity contribution in [3.63, 3.8) is 0 Å². The van der Waals surface area contributed by atoms with E-state index in [-0.39, 0.29) is 5.75 Å². The minimum Gasteiger partial charge on any atom is -0.479 e. The smallest absolute Gasteiger partial charge is 0.238 e. The summed E-state index contributed by atoms with van der Waals surface area (Å²) in [7, 11) is 3.49. The summed E-state index contributed by atoms with van der Waals surface area (Å²) >= 11 is 0. The summed E-state index contributed by atoms with van der Waals surface area (Å²) in [6.07, 6.45) is 6.98. The van der Waals surface area contributed by atoms with E-state index in [1.807, 2.05) is 42.1 Å². The van der Waals surface area contributed by atoms with E-state index in [2.05, 4.69) is 10.3 Å². The van der Waals surface area contributed by atoms with Crippen molar-refractivity contribution in [1.82, 2.24) is 14.9 Å². The lowest BCUT2D eigenvalue weighted by molar-refractivity contribution is 0.401. The molecule has 0 fully saturated rings. The molecule has 6 nitrogen and oxygen atoms in total. The number of rotatable bonds is 8. The van der Waals surface area contributed by atoms with Crippen LogP contribution in [-0.2, 0) is 20.1 Å². The average molecular weight is 475 g/mol. The van der Waals surface area contributed by atoms with Gasteiger partial charge in [-0.15, -0.1) is 0 Å². The van der Waals surface area contributed by atoms with Gasteiger partial charge in [-0.1, -0.05) is 6.07 Å². The fourth-order valence-electron chi connectivity index (χ4n) is 4.09. The van der Waals surface area contributed by atoms with Gasteiger partial charge in [-0.25, -0.2) is 13.8 Å². The van der Waals surface area contributed by atoms with E-state index in [9.17, 15) is 8.78 Å². The van der Waals surface area contributed by atoms with Crippen LogP contribution in [-0.4, -0.2) is 16.7 Å². The highest BCUT2D eigenvalue weighted by atomic mass is 19.1. The molecular weight excluding hydrogens is 452 g/mol. The van der Waals surface area contributed by atoms with Gasteiger partial charge in [0.2, 0.25) is 5.88 Å². The molecule has 178 valence electrons. The molecule has 0 aliphatic rings. The van der Waals surface area contributed by atoms with Crippen molar-refractivity contribution in [2.75, 3.05) is 7.11 Å². The van der Waals surface area contributed by atoms with E-state index in [0.717, 1.165) is 39.2 Å². The molecule has 0 bridgehead atoms. The number of ether oxygens (including phenoxy) is 2. The Bertz CT molecular complexity index is 1480. The maximum Gasteiger partial charge on any atom is 0.238 e. The molecule has 0 saturated heterocycles. The summed E-state index contributed by atoms with van der Waals surface area (Å²) in [5.41, 5.74) is 4.51. The Morgan fingerprint density at radius 2 is 1.80 bits per heavy atom. The third-order valence-corrected chi connectivity index (χ3v) is 5.74. The highest BCUT2D eigenvalue weighted by Gasteiger charge is 2.18. The normalized spacial score (nSPS) is 11.2. The van der Waals surface area contributed by atoms with Gasteiger partial charge in [0.15, 0.2) is 11.6 Å². The molecule has 1 N–H and O–H groups in total. The van der Waals surface area contributed by atoms with Crippen LogP contribution in [0.4, 0.5) is 8.78 Å². The zero-order chi connectivity index (χ0) is 24.4. The number of pyridine rings is 1. The van der Waals surface area contributed by atoms with E-state index in [4.69, 9.17) is 13.9 Å². The number of nitrogens with one attached hydrogen (secondary N) is 1. The van der Waals surface area contributed by atoms with E-state index in [1.165, 1.54) is 12.1 Å². The first-order valence-electron chi connectivity index (χ1n) is 11.0.